The third-order valence-corrected chi connectivity index (χ3v) is 11.2. The molecule has 43 heavy (non-hydrogen) atoms. The number of unbranched alkanes of at least 4 members (excludes halogenated alkanes) is 18. The Balaban J connectivity index is -0.000000518. The number of aliphatic carboxylic acids is 2. The summed E-state index contributed by atoms with van der Waals surface area (Å²) < 4.78 is 13.1. The van der Waals surface area contributed by atoms with Gasteiger partial charge in [0.2, 0.25) is 0 Å². The van der Waals surface area contributed by atoms with Crippen LogP contribution < -0.4 is 10.2 Å². The fraction of sp³-hybridized carbons (Fsp3) is 0.944. The van der Waals surface area contributed by atoms with Crippen molar-refractivity contribution in [2.24, 2.45) is 0 Å². The molecule has 1 aliphatic rings. The average molecular weight is 720 g/mol. The number of ether oxygens (including phenoxy) is 2. The number of carboxylic acids is 2. The fourth-order valence-corrected chi connectivity index (χ4v) is 8.49. The number of rotatable bonds is 26. The molecule has 256 valence electrons. The second kappa shape index (κ2) is 46.1. The maximum absolute atomic E-state index is 10.1. The van der Waals surface area contributed by atoms with Crippen LogP contribution in [-0.2, 0) is 19.1 Å². The van der Waals surface area contributed by atoms with E-state index in [1.165, 1.54) is 116 Å². The average Bonchev–Trinajstić information content (AvgIpc) is 3.01. The molecule has 1 heterocycles. The Hall–Kier alpha value is -0.341. The van der Waals surface area contributed by atoms with Crippen LogP contribution in [0.1, 0.15) is 182 Å². The number of carboxylic acid groups (broad SMARTS) is 2. The summed E-state index contributed by atoms with van der Waals surface area (Å²) in [5, 5.41) is 20.2. The third kappa shape index (κ3) is 57.8. The van der Waals surface area contributed by atoms with Crippen LogP contribution in [0.4, 0.5) is 0 Å². The summed E-state index contributed by atoms with van der Waals surface area (Å²) >= 11 is 0.149. The number of carbonyl (C=O) groups is 2. The molecule has 0 aromatic carbocycles. The van der Waals surface area contributed by atoms with Gasteiger partial charge in [-0.2, -0.15) is 0 Å². The SMILES string of the molecule is C1COCCO1.CCCCCCCCCCCC(=O)[O-].CCCCCCCCCCCC(=O)[O-].CCC[CH2][Sn+2][CH2]CCC. The summed E-state index contributed by atoms with van der Waals surface area (Å²) in [5.74, 6) is -1.82. The van der Waals surface area contributed by atoms with E-state index >= 15 is 0 Å². The normalized spacial score (nSPS) is 12.0. The molecular formula is C36H72O6Sn. The van der Waals surface area contributed by atoms with Crippen molar-refractivity contribution in [1.82, 2.24) is 0 Å². The van der Waals surface area contributed by atoms with Gasteiger partial charge in [0, 0.05) is 11.9 Å². The van der Waals surface area contributed by atoms with Crippen molar-refractivity contribution in [1.29, 1.82) is 0 Å². The van der Waals surface area contributed by atoms with Gasteiger partial charge >= 0.3 is 69.5 Å². The topological polar surface area (TPSA) is 98.7 Å². The van der Waals surface area contributed by atoms with E-state index in [1.807, 2.05) is 0 Å². The van der Waals surface area contributed by atoms with E-state index in [1.54, 1.807) is 8.87 Å². The van der Waals surface area contributed by atoms with Gasteiger partial charge in [0.1, 0.15) is 0 Å². The first-order chi connectivity index (χ1) is 21.0. The van der Waals surface area contributed by atoms with E-state index in [-0.39, 0.29) is 34.0 Å². The minimum absolute atomic E-state index is 0.149. The van der Waals surface area contributed by atoms with E-state index < -0.39 is 11.9 Å². The van der Waals surface area contributed by atoms with Crippen molar-refractivity contribution >= 4 is 33.1 Å². The molecule has 1 rings (SSSR count). The molecule has 7 heteroatoms. The predicted octanol–water partition coefficient (Wildman–Crippen LogP) is 8.48. The van der Waals surface area contributed by atoms with Crippen LogP contribution in [-0.4, -0.2) is 59.5 Å². The Bertz CT molecular complexity index is 464. The van der Waals surface area contributed by atoms with Crippen LogP contribution >= 0.6 is 0 Å². The van der Waals surface area contributed by atoms with Crippen molar-refractivity contribution in [2.45, 2.75) is 191 Å². The Morgan fingerprint density at radius 2 is 0.698 bits per heavy atom. The van der Waals surface area contributed by atoms with Gasteiger partial charge < -0.3 is 29.3 Å². The second-order valence-electron chi connectivity index (χ2n) is 11.6. The summed E-state index contributed by atoms with van der Waals surface area (Å²) in [6, 6.07) is 0. The van der Waals surface area contributed by atoms with Gasteiger partial charge in [0.25, 0.3) is 0 Å². The summed E-state index contributed by atoms with van der Waals surface area (Å²) in [6.07, 6.45) is 28.2. The molecule has 0 amide bonds. The third-order valence-electron chi connectivity index (χ3n) is 7.13. The van der Waals surface area contributed by atoms with Crippen molar-refractivity contribution in [2.75, 3.05) is 26.4 Å². The van der Waals surface area contributed by atoms with Crippen molar-refractivity contribution in [3.05, 3.63) is 0 Å². The van der Waals surface area contributed by atoms with E-state index in [0.29, 0.717) is 0 Å². The predicted molar refractivity (Wildman–Crippen MR) is 181 cm³/mol. The molecule has 6 nitrogen and oxygen atoms in total. The Kier molecular flexibility index (Phi) is 50.4. The number of carbonyl (C=O) groups excluding carboxylic acids is 2. The summed E-state index contributed by atoms with van der Waals surface area (Å²) in [7, 11) is 0. The molecule has 0 atom stereocenters. The first kappa shape index (κ1) is 47.1. The van der Waals surface area contributed by atoms with Crippen molar-refractivity contribution in [3.8, 4) is 0 Å². The Morgan fingerprint density at radius 1 is 0.442 bits per heavy atom. The fourth-order valence-electron chi connectivity index (χ4n) is 4.33. The summed E-state index contributed by atoms with van der Waals surface area (Å²) in [6.45, 7) is 12.1. The standard InChI is InChI=1S/2C12H24O2.C4H8O2.2C4H9.Sn/c2*1-2-3-4-5-6-7-8-9-10-11-12(13)14;1-2-6-4-3-5-1;2*1-3-4-2;/h2*2-11H2,1H3,(H,13,14);1-4H2;2*1,3-4H2,2H3;/q;;;;;+2/p-2. The molecule has 0 spiro atoms. The molecule has 0 unspecified atom stereocenters. The van der Waals surface area contributed by atoms with Crippen LogP contribution in [0.25, 0.3) is 0 Å². The molecule has 1 aliphatic heterocycles. The Morgan fingerprint density at radius 3 is 0.930 bits per heavy atom. The zero-order valence-corrected chi connectivity index (χ0v) is 32.0. The molecule has 1 fully saturated rings. The first-order valence-corrected chi connectivity index (χ1v) is 22.3. The van der Waals surface area contributed by atoms with Gasteiger partial charge in [0.15, 0.2) is 0 Å². The van der Waals surface area contributed by atoms with Crippen LogP contribution in [0.3, 0.4) is 0 Å². The van der Waals surface area contributed by atoms with Gasteiger partial charge in [-0.15, -0.1) is 0 Å². The van der Waals surface area contributed by atoms with Crippen LogP contribution in [0.5, 0.6) is 0 Å². The van der Waals surface area contributed by atoms with E-state index in [0.717, 1.165) is 52.1 Å². The van der Waals surface area contributed by atoms with Gasteiger partial charge in [0.05, 0.1) is 26.4 Å². The molecule has 0 saturated carbocycles. The molecular weight excluding hydrogens is 647 g/mol. The van der Waals surface area contributed by atoms with Crippen LogP contribution in [0, 0.1) is 0 Å². The van der Waals surface area contributed by atoms with Crippen molar-refractivity contribution in [3.63, 3.8) is 0 Å². The zero-order valence-electron chi connectivity index (χ0n) is 29.2. The molecule has 0 bridgehead atoms. The molecule has 0 aliphatic carbocycles. The van der Waals surface area contributed by atoms with Gasteiger partial charge in [-0.1, -0.05) is 117 Å². The zero-order chi connectivity index (χ0) is 32.5. The molecule has 1 saturated heterocycles. The first-order valence-electron chi connectivity index (χ1n) is 18.2. The van der Waals surface area contributed by atoms with Gasteiger partial charge in [-0.3, -0.25) is 0 Å². The summed E-state index contributed by atoms with van der Waals surface area (Å²) in [4.78, 5) is 20.2. The van der Waals surface area contributed by atoms with Crippen LogP contribution in [0.2, 0.25) is 8.87 Å². The summed E-state index contributed by atoms with van der Waals surface area (Å²) in [5.41, 5.74) is 0. The van der Waals surface area contributed by atoms with E-state index in [9.17, 15) is 19.8 Å². The van der Waals surface area contributed by atoms with Gasteiger partial charge in [-0.05, 0) is 25.7 Å². The van der Waals surface area contributed by atoms with Gasteiger partial charge in [-0.25, -0.2) is 0 Å². The second-order valence-corrected chi connectivity index (χ2v) is 15.9. The number of hydrogen-bond donors (Lipinski definition) is 0. The quantitative estimate of drug-likeness (QED) is 0.0657. The van der Waals surface area contributed by atoms with Crippen LogP contribution in [0.15, 0.2) is 0 Å². The molecule has 0 aromatic heterocycles. The number of hydrogen-bond acceptors (Lipinski definition) is 6. The Labute approximate surface area is 278 Å². The molecule has 0 radical (unpaired) electrons. The molecule has 0 N–H and O–H groups in total. The van der Waals surface area contributed by atoms with Crippen molar-refractivity contribution < 1.29 is 29.3 Å². The van der Waals surface area contributed by atoms with E-state index in [4.69, 9.17) is 9.47 Å². The minimum atomic E-state index is -0.909. The maximum atomic E-state index is 10.1. The molecule has 0 aromatic rings. The van der Waals surface area contributed by atoms with E-state index in [2.05, 4.69) is 27.7 Å². The monoisotopic (exact) mass is 720 g/mol.